The van der Waals surface area contributed by atoms with E-state index in [1.807, 2.05) is 6.07 Å². The lowest BCUT2D eigenvalue weighted by Gasteiger charge is -2.28. The van der Waals surface area contributed by atoms with Gasteiger partial charge in [0, 0.05) is 25.2 Å². The van der Waals surface area contributed by atoms with Crippen LogP contribution in [0.25, 0.3) is 11.1 Å². The van der Waals surface area contributed by atoms with Crippen molar-refractivity contribution >= 4 is 0 Å². The van der Waals surface area contributed by atoms with Crippen LogP contribution in [0.3, 0.4) is 0 Å². The Hall–Kier alpha value is -1.94. The van der Waals surface area contributed by atoms with Crippen LogP contribution in [-0.4, -0.2) is 19.8 Å². The van der Waals surface area contributed by atoms with Gasteiger partial charge in [-0.2, -0.15) is 4.39 Å². The van der Waals surface area contributed by atoms with E-state index < -0.39 is 11.6 Å². The highest BCUT2D eigenvalue weighted by atomic mass is 19.2. The van der Waals surface area contributed by atoms with Gasteiger partial charge in [0.15, 0.2) is 11.6 Å². The maximum absolute atomic E-state index is 14.4. The molecule has 0 aromatic heterocycles. The molecule has 0 bridgehead atoms. The molecule has 3 rings (SSSR count). The van der Waals surface area contributed by atoms with Crippen LogP contribution in [0.4, 0.5) is 8.78 Å². The fourth-order valence-corrected chi connectivity index (χ4v) is 4.17. The van der Waals surface area contributed by atoms with Crippen molar-refractivity contribution in [2.45, 2.75) is 51.9 Å². The van der Waals surface area contributed by atoms with Gasteiger partial charge in [-0.05, 0) is 42.4 Å². The molecule has 0 amide bonds. The van der Waals surface area contributed by atoms with Gasteiger partial charge in [-0.25, -0.2) is 4.39 Å². The normalized spacial score (nSPS) is 19.3. The Kier molecular flexibility index (Phi) is 8.48. The molecule has 0 radical (unpaired) electrons. The summed E-state index contributed by atoms with van der Waals surface area (Å²) in [5.41, 5.74) is 0.889. The Morgan fingerprint density at radius 2 is 1.59 bits per heavy atom. The highest BCUT2D eigenvalue weighted by Gasteiger charge is 2.20. The van der Waals surface area contributed by atoms with E-state index in [2.05, 4.69) is 6.92 Å². The number of ether oxygens (including phenoxy) is 2. The minimum Gasteiger partial charge on any atom is -0.490 e. The van der Waals surface area contributed by atoms with Crippen LogP contribution in [0.5, 0.6) is 5.75 Å². The van der Waals surface area contributed by atoms with E-state index in [1.54, 1.807) is 30.3 Å². The van der Waals surface area contributed by atoms with Crippen molar-refractivity contribution in [3.63, 3.8) is 0 Å². The molecular weight excluding hydrogens is 370 g/mol. The van der Waals surface area contributed by atoms with Crippen LogP contribution in [0.1, 0.15) is 51.9 Å². The topological polar surface area (TPSA) is 18.5 Å². The maximum Gasteiger partial charge on any atom is 0.201 e. The third-order valence-corrected chi connectivity index (χ3v) is 5.84. The molecular formula is C25H32F2O2. The number of rotatable bonds is 10. The Balaban J connectivity index is 1.36. The zero-order valence-corrected chi connectivity index (χ0v) is 17.3. The Labute approximate surface area is 173 Å². The van der Waals surface area contributed by atoms with Gasteiger partial charge in [0.1, 0.15) is 0 Å². The largest absolute Gasteiger partial charge is 0.490 e. The molecule has 1 aliphatic carbocycles. The van der Waals surface area contributed by atoms with E-state index in [-0.39, 0.29) is 11.3 Å². The summed E-state index contributed by atoms with van der Waals surface area (Å²) >= 11 is 0. The number of hydrogen-bond acceptors (Lipinski definition) is 2. The molecule has 0 N–H and O–H groups in total. The van der Waals surface area contributed by atoms with Gasteiger partial charge in [-0.1, -0.05) is 62.9 Å². The van der Waals surface area contributed by atoms with E-state index in [9.17, 15) is 8.78 Å². The van der Waals surface area contributed by atoms with E-state index in [1.165, 1.54) is 44.6 Å². The fraction of sp³-hybridized carbons (Fsp3) is 0.520. The summed E-state index contributed by atoms with van der Waals surface area (Å²) in [6, 6.07) is 12.0. The Morgan fingerprint density at radius 3 is 2.31 bits per heavy atom. The Morgan fingerprint density at radius 1 is 0.862 bits per heavy atom. The number of halogens is 2. The van der Waals surface area contributed by atoms with Crippen LogP contribution in [0, 0.1) is 23.5 Å². The summed E-state index contributed by atoms with van der Waals surface area (Å²) in [4.78, 5) is 0. The molecule has 0 unspecified atom stereocenters. The first-order valence-electron chi connectivity index (χ1n) is 10.9. The van der Waals surface area contributed by atoms with Crippen molar-refractivity contribution < 1.29 is 18.3 Å². The number of hydrogen-bond donors (Lipinski definition) is 0. The molecule has 2 aromatic carbocycles. The molecule has 2 nitrogen and oxygen atoms in total. The lowest BCUT2D eigenvalue weighted by molar-refractivity contribution is 0.0690. The van der Waals surface area contributed by atoms with E-state index in [0.717, 1.165) is 12.5 Å². The average molecular weight is 403 g/mol. The fourth-order valence-electron chi connectivity index (χ4n) is 4.17. The van der Waals surface area contributed by atoms with Crippen molar-refractivity contribution in [1.29, 1.82) is 0 Å². The third kappa shape index (κ3) is 6.27. The predicted molar refractivity (Wildman–Crippen MR) is 113 cm³/mol. The molecule has 0 aliphatic heterocycles. The monoisotopic (exact) mass is 402 g/mol. The van der Waals surface area contributed by atoms with Gasteiger partial charge in [0.25, 0.3) is 0 Å². The predicted octanol–water partition coefficient (Wildman–Crippen LogP) is 7.02. The highest BCUT2D eigenvalue weighted by molar-refractivity contribution is 5.65. The van der Waals surface area contributed by atoms with Crippen LogP contribution >= 0.6 is 0 Å². The summed E-state index contributed by atoms with van der Waals surface area (Å²) in [5.74, 6) is -0.273. The van der Waals surface area contributed by atoms with Crippen LogP contribution in [0.15, 0.2) is 42.5 Å². The molecule has 4 heteroatoms. The van der Waals surface area contributed by atoms with Gasteiger partial charge >= 0.3 is 0 Å². The summed E-state index contributed by atoms with van der Waals surface area (Å²) in [6.07, 6.45) is 8.48. The SMILES string of the molecule is CCCC1CCC(COCCCOc2ccc(-c3ccccc3)c(F)c2F)CC1. The van der Waals surface area contributed by atoms with Crippen molar-refractivity contribution in [2.24, 2.45) is 11.8 Å². The summed E-state index contributed by atoms with van der Waals surface area (Å²) < 4.78 is 39.9. The van der Waals surface area contributed by atoms with Gasteiger partial charge in [-0.3, -0.25) is 0 Å². The van der Waals surface area contributed by atoms with Crippen LogP contribution in [-0.2, 0) is 4.74 Å². The molecule has 29 heavy (non-hydrogen) atoms. The summed E-state index contributed by atoms with van der Waals surface area (Å²) in [6.45, 7) is 3.95. The third-order valence-electron chi connectivity index (χ3n) is 5.84. The highest BCUT2D eigenvalue weighted by Crippen LogP contribution is 2.32. The van der Waals surface area contributed by atoms with Gasteiger partial charge in [0.2, 0.25) is 5.82 Å². The molecule has 1 aliphatic rings. The molecule has 0 saturated heterocycles. The van der Waals surface area contributed by atoms with Crippen LogP contribution < -0.4 is 4.74 Å². The molecule has 0 heterocycles. The van der Waals surface area contributed by atoms with Gasteiger partial charge in [0.05, 0.1) is 6.61 Å². The second-order valence-corrected chi connectivity index (χ2v) is 8.06. The smallest absolute Gasteiger partial charge is 0.201 e. The second-order valence-electron chi connectivity index (χ2n) is 8.06. The maximum atomic E-state index is 14.4. The molecule has 0 atom stereocenters. The second kappa shape index (κ2) is 11.3. The van der Waals surface area contributed by atoms with Crippen molar-refractivity contribution in [3.8, 4) is 16.9 Å². The first-order chi connectivity index (χ1) is 14.2. The summed E-state index contributed by atoms with van der Waals surface area (Å²) in [7, 11) is 0. The lowest BCUT2D eigenvalue weighted by Crippen LogP contribution is -2.19. The Bertz CT molecular complexity index is 740. The zero-order valence-electron chi connectivity index (χ0n) is 17.3. The van der Waals surface area contributed by atoms with E-state index >= 15 is 0 Å². The minimum atomic E-state index is -0.934. The van der Waals surface area contributed by atoms with Crippen molar-refractivity contribution in [2.75, 3.05) is 19.8 Å². The minimum absolute atomic E-state index is 0.0450. The average Bonchev–Trinajstić information content (AvgIpc) is 2.75. The molecule has 158 valence electrons. The standard InChI is InChI=1S/C25H32F2O2/c1-2-7-19-10-12-20(13-11-19)18-28-16-6-17-29-23-15-14-22(24(26)25(23)27)21-8-4-3-5-9-21/h3-5,8-9,14-15,19-20H,2,6-7,10-13,16-18H2,1H3. The molecule has 2 aromatic rings. The molecule has 1 saturated carbocycles. The van der Waals surface area contributed by atoms with E-state index in [0.29, 0.717) is 31.1 Å². The lowest BCUT2D eigenvalue weighted by atomic mass is 9.80. The van der Waals surface area contributed by atoms with Gasteiger partial charge in [-0.15, -0.1) is 0 Å². The number of benzene rings is 2. The molecule has 1 fully saturated rings. The van der Waals surface area contributed by atoms with Crippen molar-refractivity contribution in [3.05, 3.63) is 54.1 Å². The first-order valence-corrected chi connectivity index (χ1v) is 10.9. The van der Waals surface area contributed by atoms with E-state index in [4.69, 9.17) is 9.47 Å². The summed E-state index contributed by atoms with van der Waals surface area (Å²) in [5, 5.41) is 0. The first kappa shape index (κ1) is 21.8. The quantitative estimate of drug-likeness (QED) is 0.397. The van der Waals surface area contributed by atoms with Crippen LogP contribution in [0.2, 0.25) is 0 Å². The van der Waals surface area contributed by atoms with Gasteiger partial charge < -0.3 is 9.47 Å². The molecule has 0 spiro atoms. The zero-order chi connectivity index (χ0) is 20.5. The van der Waals surface area contributed by atoms with Crippen molar-refractivity contribution in [1.82, 2.24) is 0 Å².